The van der Waals surface area contributed by atoms with Gasteiger partial charge in [0.25, 0.3) is 0 Å². The van der Waals surface area contributed by atoms with E-state index in [1.54, 1.807) is 12.2 Å². The van der Waals surface area contributed by atoms with E-state index < -0.39 is 17.9 Å². The standard InChI is InChI=1S/C33H44N2O7/c1-3-11-28(22-31(37)34-17-19-40-20-18-36)32(38)35-30(24-41-23-27-15-9-6-10-16-27)25-42-33(39)29(12-4-2)21-26-13-7-5-8-14-26/h3-10,13-16,28-30,36H,1-2,11-12,17-25H2,(H,34,37)(H,35,38)/t28-,29+,30-/m0/s1. The molecule has 3 N–H and O–H groups in total. The number of carbonyl (C=O) groups excluding carboxylic acids is 3. The second kappa shape index (κ2) is 21.0. The number of aliphatic hydroxyl groups is 1. The fourth-order valence-corrected chi connectivity index (χ4v) is 4.22. The van der Waals surface area contributed by atoms with Crippen LogP contribution in [0.2, 0.25) is 0 Å². The van der Waals surface area contributed by atoms with Gasteiger partial charge >= 0.3 is 5.97 Å². The number of hydrogen-bond donors (Lipinski definition) is 3. The van der Waals surface area contributed by atoms with Crippen LogP contribution < -0.4 is 10.6 Å². The number of benzene rings is 2. The number of amides is 2. The molecule has 0 bridgehead atoms. The SMILES string of the molecule is C=CC[C@@H](CC(=O)NCCOCCO)C(=O)N[C@@H](COCc1ccccc1)COC(=O)[C@H](CC=C)Cc1ccccc1. The lowest BCUT2D eigenvalue weighted by atomic mass is 9.96. The highest BCUT2D eigenvalue weighted by Gasteiger charge is 2.26. The topological polar surface area (TPSA) is 123 Å². The Morgan fingerprint density at radius 1 is 0.833 bits per heavy atom. The van der Waals surface area contributed by atoms with Gasteiger partial charge in [0.1, 0.15) is 6.61 Å². The fraction of sp³-hybridized carbons (Fsp3) is 0.424. The molecule has 2 aromatic carbocycles. The van der Waals surface area contributed by atoms with E-state index in [2.05, 4.69) is 23.8 Å². The molecule has 2 aromatic rings. The Hall–Kier alpha value is -3.79. The van der Waals surface area contributed by atoms with Gasteiger partial charge in [0.05, 0.1) is 50.9 Å². The predicted octanol–water partition coefficient (Wildman–Crippen LogP) is 3.37. The Kier molecular flexibility index (Phi) is 17.2. The van der Waals surface area contributed by atoms with Gasteiger partial charge in [0.15, 0.2) is 0 Å². The molecule has 2 rings (SSSR count). The van der Waals surface area contributed by atoms with Crippen molar-refractivity contribution in [3.63, 3.8) is 0 Å². The van der Waals surface area contributed by atoms with Gasteiger partial charge in [-0.3, -0.25) is 14.4 Å². The van der Waals surface area contributed by atoms with E-state index in [4.69, 9.17) is 19.3 Å². The van der Waals surface area contributed by atoms with E-state index in [1.165, 1.54) is 0 Å². The summed E-state index contributed by atoms with van der Waals surface area (Å²) in [5.74, 6) is -2.13. The van der Waals surface area contributed by atoms with Crippen LogP contribution in [0.4, 0.5) is 0 Å². The molecule has 9 nitrogen and oxygen atoms in total. The normalized spacial score (nSPS) is 12.9. The quantitative estimate of drug-likeness (QED) is 0.111. The number of nitrogens with one attached hydrogen (secondary N) is 2. The first-order chi connectivity index (χ1) is 20.5. The lowest BCUT2D eigenvalue weighted by molar-refractivity contribution is -0.150. The molecule has 0 radical (unpaired) electrons. The summed E-state index contributed by atoms with van der Waals surface area (Å²) in [5.41, 5.74) is 1.99. The van der Waals surface area contributed by atoms with Crippen molar-refractivity contribution in [1.82, 2.24) is 10.6 Å². The first-order valence-electron chi connectivity index (χ1n) is 14.3. The maximum absolute atomic E-state index is 13.2. The summed E-state index contributed by atoms with van der Waals surface area (Å²) in [5, 5.41) is 14.4. The monoisotopic (exact) mass is 580 g/mol. The third-order valence-corrected chi connectivity index (χ3v) is 6.37. The van der Waals surface area contributed by atoms with Gasteiger partial charge in [-0.25, -0.2) is 0 Å². The molecule has 0 aliphatic carbocycles. The van der Waals surface area contributed by atoms with Gasteiger partial charge in [-0.1, -0.05) is 72.8 Å². The van der Waals surface area contributed by atoms with Crippen LogP contribution in [0.5, 0.6) is 0 Å². The lowest BCUT2D eigenvalue weighted by Gasteiger charge is -2.23. The molecule has 9 heteroatoms. The molecule has 0 aliphatic heterocycles. The van der Waals surface area contributed by atoms with Gasteiger partial charge in [-0.15, -0.1) is 13.2 Å². The molecule has 228 valence electrons. The highest BCUT2D eigenvalue weighted by Crippen LogP contribution is 2.16. The number of rotatable bonds is 22. The minimum Gasteiger partial charge on any atom is -0.463 e. The highest BCUT2D eigenvalue weighted by atomic mass is 16.5. The first-order valence-corrected chi connectivity index (χ1v) is 14.3. The van der Waals surface area contributed by atoms with Crippen LogP contribution in [0.3, 0.4) is 0 Å². The van der Waals surface area contributed by atoms with Crippen molar-refractivity contribution in [2.45, 2.75) is 38.3 Å². The van der Waals surface area contributed by atoms with Crippen LogP contribution >= 0.6 is 0 Å². The average Bonchev–Trinajstić information content (AvgIpc) is 3.00. The van der Waals surface area contributed by atoms with Crippen LogP contribution in [0.25, 0.3) is 0 Å². The van der Waals surface area contributed by atoms with Crippen LogP contribution in [0, 0.1) is 11.8 Å². The minimum absolute atomic E-state index is 0.0479. The number of esters is 1. The second-order valence-electron chi connectivity index (χ2n) is 9.86. The zero-order valence-corrected chi connectivity index (χ0v) is 24.2. The molecular weight excluding hydrogens is 536 g/mol. The summed E-state index contributed by atoms with van der Waals surface area (Å²) in [7, 11) is 0. The molecule has 0 saturated carbocycles. The summed E-state index contributed by atoms with van der Waals surface area (Å²) >= 11 is 0. The van der Waals surface area contributed by atoms with Crippen LogP contribution in [-0.2, 0) is 41.6 Å². The number of aliphatic hydroxyl groups excluding tert-OH is 1. The van der Waals surface area contributed by atoms with Crippen LogP contribution in [0.1, 0.15) is 30.4 Å². The largest absolute Gasteiger partial charge is 0.463 e. The molecular formula is C33H44N2O7. The van der Waals surface area contributed by atoms with Crippen molar-refractivity contribution < 1.29 is 33.7 Å². The Morgan fingerprint density at radius 3 is 2.12 bits per heavy atom. The molecule has 0 unspecified atom stereocenters. The van der Waals surface area contributed by atoms with Crippen molar-refractivity contribution in [3.05, 3.63) is 97.1 Å². The summed E-state index contributed by atoms with van der Waals surface area (Å²) < 4.78 is 16.7. The van der Waals surface area contributed by atoms with Crippen molar-refractivity contribution >= 4 is 17.8 Å². The third kappa shape index (κ3) is 14.2. The van der Waals surface area contributed by atoms with E-state index in [-0.39, 0.29) is 70.2 Å². The van der Waals surface area contributed by atoms with Gasteiger partial charge in [0, 0.05) is 13.0 Å². The smallest absolute Gasteiger partial charge is 0.309 e. The summed E-state index contributed by atoms with van der Waals surface area (Å²) in [6.07, 6.45) is 4.49. The molecule has 0 spiro atoms. The average molecular weight is 581 g/mol. The van der Waals surface area contributed by atoms with E-state index >= 15 is 0 Å². The van der Waals surface area contributed by atoms with E-state index in [1.807, 2.05) is 60.7 Å². The van der Waals surface area contributed by atoms with Gasteiger partial charge in [-0.05, 0) is 30.4 Å². The summed E-state index contributed by atoms with van der Waals surface area (Å²) in [4.78, 5) is 38.8. The number of ether oxygens (including phenoxy) is 3. The summed E-state index contributed by atoms with van der Waals surface area (Å²) in [6, 6.07) is 18.7. The molecule has 0 heterocycles. The van der Waals surface area contributed by atoms with Gasteiger partial charge in [0.2, 0.25) is 11.8 Å². The number of allylic oxidation sites excluding steroid dienone is 2. The number of carbonyl (C=O) groups is 3. The van der Waals surface area contributed by atoms with E-state index in [0.717, 1.165) is 11.1 Å². The van der Waals surface area contributed by atoms with Crippen molar-refractivity contribution in [1.29, 1.82) is 0 Å². The molecule has 0 aliphatic rings. The first kappa shape index (κ1) is 34.4. The van der Waals surface area contributed by atoms with Crippen molar-refractivity contribution in [2.24, 2.45) is 11.8 Å². The molecule has 0 aromatic heterocycles. The molecule has 2 amide bonds. The minimum atomic E-state index is -0.667. The second-order valence-corrected chi connectivity index (χ2v) is 9.86. The van der Waals surface area contributed by atoms with Crippen molar-refractivity contribution in [3.8, 4) is 0 Å². The van der Waals surface area contributed by atoms with Gasteiger partial charge in [-0.2, -0.15) is 0 Å². The Balaban J connectivity index is 2.01. The van der Waals surface area contributed by atoms with Gasteiger partial charge < -0.3 is 30.0 Å². The van der Waals surface area contributed by atoms with E-state index in [9.17, 15) is 14.4 Å². The molecule has 0 fully saturated rings. The number of hydrogen-bond acceptors (Lipinski definition) is 7. The van der Waals surface area contributed by atoms with Crippen molar-refractivity contribution in [2.75, 3.05) is 39.6 Å². The maximum Gasteiger partial charge on any atom is 0.309 e. The Labute approximate surface area is 248 Å². The van der Waals surface area contributed by atoms with Crippen LogP contribution in [0.15, 0.2) is 86.0 Å². The zero-order chi connectivity index (χ0) is 30.4. The Morgan fingerprint density at radius 2 is 1.48 bits per heavy atom. The Bertz CT molecular complexity index is 1080. The summed E-state index contributed by atoms with van der Waals surface area (Å²) in [6.45, 7) is 8.46. The predicted molar refractivity (Wildman–Crippen MR) is 161 cm³/mol. The molecule has 42 heavy (non-hydrogen) atoms. The zero-order valence-electron chi connectivity index (χ0n) is 24.2. The fourth-order valence-electron chi connectivity index (χ4n) is 4.22. The lowest BCUT2D eigenvalue weighted by Crippen LogP contribution is -2.46. The molecule has 0 saturated heterocycles. The third-order valence-electron chi connectivity index (χ3n) is 6.37. The molecule has 3 atom stereocenters. The highest BCUT2D eigenvalue weighted by molar-refractivity contribution is 5.86. The maximum atomic E-state index is 13.2. The van der Waals surface area contributed by atoms with E-state index in [0.29, 0.717) is 19.4 Å². The van der Waals surface area contributed by atoms with Crippen LogP contribution in [-0.4, -0.2) is 68.5 Å².